The second kappa shape index (κ2) is 13.3. The predicted molar refractivity (Wildman–Crippen MR) is 254 cm³/mol. The highest BCUT2D eigenvalue weighted by atomic mass is 32.1. The molecule has 4 aromatic heterocycles. The van der Waals surface area contributed by atoms with Crippen LogP contribution in [0.15, 0.2) is 199 Å². The molecule has 284 valence electrons. The molecule has 0 aliphatic heterocycles. The molecule has 4 heterocycles. The number of hydrogen-bond donors (Lipinski definition) is 0. The van der Waals surface area contributed by atoms with Crippen LogP contribution >= 0.6 is 11.3 Å². The zero-order chi connectivity index (χ0) is 40.0. The van der Waals surface area contributed by atoms with E-state index in [9.17, 15) is 0 Å². The van der Waals surface area contributed by atoms with Crippen molar-refractivity contribution in [1.29, 1.82) is 0 Å². The maximum Gasteiger partial charge on any atom is 0.167 e. The number of thiophene rings is 1. The fourth-order valence-corrected chi connectivity index (χ4v) is 10.4. The van der Waals surface area contributed by atoms with E-state index in [0.717, 1.165) is 71.9 Å². The van der Waals surface area contributed by atoms with E-state index in [1.165, 1.54) is 36.3 Å². The molecule has 0 N–H and O–H groups in total. The molecule has 0 saturated heterocycles. The van der Waals surface area contributed by atoms with Gasteiger partial charge in [-0.05, 0) is 76.5 Å². The van der Waals surface area contributed by atoms with Crippen molar-refractivity contribution in [2.24, 2.45) is 0 Å². The van der Waals surface area contributed by atoms with Crippen LogP contribution in [0, 0.1) is 0 Å². The summed E-state index contributed by atoms with van der Waals surface area (Å²) in [6, 6.07) is 68.5. The lowest BCUT2D eigenvalue weighted by atomic mass is 10.0. The number of hydrogen-bond acceptors (Lipinski definition) is 5. The highest BCUT2D eigenvalue weighted by Crippen LogP contribution is 2.44. The lowest BCUT2D eigenvalue weighted by Crippen LogP contribution is -2.01. The Bertz CT molecular complexity index is 3900. The molecular weight excluding hydrogens is 765 g/mol. The first-order chi connectivity index (χ1) is 30.2. The third kappa shape index (κ3) is 5.29. The van der Waals surface area contributed by atoms with Gasteiger partial charge in [-0.15, -0.1) is 11.3 Å². The third-order valence-corrected chi connectivity index (χ3v) is 13.2. The number of benzene rings is 9. The predicted octanol–water partition coefficient (Wildman–Crippen LogP) is 15.1. The molecule has 0 radical (unpaired) electrons. The maximum atomic E-state index is 6.94. The van der Waals surface area contributed by atoms with E-state index < -0.39 is 0 Å². The molecule has 13 aromatic rings. The minimum atomic E-state index is 0.547. The highest BCUT2D eigenvalue weighted by molar-refractivity contribution is 7.25. The van der Waals surface area contributed by atoms with Gasteiger partial charge in [-0.2, -0.15) is 0 Å². The monoisotopic (exact) mass is 796 g/mol. The molecule has 9 aromatic carbocycles. The number of fused-ring (bicyclic) bond motifs is 10. The molecule has 0 aliphatic carbocycles. The fraction of sp³-hybridized carbons (Fsp3) is 0. The van der Waals surface area contributed by atoms with Gasteiger partial charge in [-0.1, -0.05) is 140 Å². The van der Waals surface area contributed by atoms with E-state index in [2.05, 4.69) is 180 Å². The van der Waals surface area contributed by atoms with Crippen LogP contribution < -0.4 is 0 Å². The van der Waals surface area contributed by atoms with E-state index in [1.54, 1.807) is 11.3 Å². The van der Waals surface area contributed by atoms with Crippen LogP contribution in [0.5, 0.6) is 0 Å². The summed E-state index contributed by atoms with van der Waals surface area (Å²) < 4.78 is 11.8. The summed E-state index contributed by atoms with van der Waals surface area (Å²) in [5.74, 6) is 1.75. The molecule has 0 aliphatic rings. The molecule has 0 spiro atoms. The standard InChI is InChI=1S/C55H32N4OS/c1-2-14-33(15-3-1)34-18-12-19-37(30-34)53-56-54(41-23-13-27-49-50(41)40-22-8-11-26-48(40)61-49)58-55(57-53)42-28-29-45(51-39-21-7-10-25-47(39)60-52(42)51)59-44-24-9-6-20-38(44)43-31-35-16-4-5-17-36(35)32-46(43)59/h1-32H. The van der Waals surface area contributed by atoms with Gasteiger partial charge in [-0.25, -0.2) is 15.0 Å². The minimum absolute atomic E-state index is 0.547. The van der Waals surface area contributed by atoms with Crippen LogP contribution in [0.1, 0.15) is 0 Å². The van der Waals surface area contributed by atoms with Crippen molar-refractivity contribution in [1.82, 2.24) is 19.5 Å². The Balaban J connectivity index is 1.10. The molecule has 0 amide bonds. The molecule has 5 nitrogen and oxygen atoms in total. The summed E-state index contributed by atoms with van der Waals surface area (Å²) in [4.78, 5) is 16.0. The first-order valence-electron chi connectivity index (χ1n) is 20.4. The normalized spacial score (nSPS) is 11.9. The Labute approximate surface area is 353 Å². The number of para-hydroxylation sites is 2. The molecule has 0 atom stereocenters. The lowest BCUT2D eigenvalue weighted by Gasteiger charge is -2.13. The van der Waals surface area contributed by atoms with Gasteiger partial charge in [0.1, 0.15) is 11.2 Å². The van der Waals surface area contributed by atoms with Gasteiger partial charge in [0.2, 0.25) is 0 Å². The summed E-state index contributed by atoms with van der Waals surface area (Å²) in [6.45, 7) is 0. The average Bonchev–Trinajstić information content (AvgIpc) is 4.01. The summed E-state index contributed by atoms with van der Waals surface area (Å²) >= 11 is 1.79. The molecule has 0 saturated carbocycles. The summed E-state index contributed by atoms with van der Waals surface area (Å²) in [5, 5.41) is 9.19. The van der Waals surface area contributed by atoms with Crippen molar-refractivity contribution >= 4 is 86.0 Å². The fourth-order valence-electron chi connectivity index (χ4n) is 9.26. The lowest BCUT2D eigenvalue weighted by molar-refractivity contribution is 0.669. The number of aromatic nitrogens is 4. The molecular formula is C55H32N4OS. The Morgan fingerprint density at radius 3 is 1.93 bits per heavy atom. The largest absolute Gasteiger partial charge is 0.455 e. The second-order valence-corrected chi connectivity index (χ2v) is 16.6. The zero-order valence-electron chi connectivity index (χ0n) is 32.6. The van der Waals surface area contributed by atoms with Crippen LogP contribution in [-0.2, 0) is 0 Å². The molecule has 0 bridgehead atoms. The van der Waals surface area contributed by atoms with Crippen molar-refractivity contribution in [3.63, 3.8) is 0 Å². The van der Waals surface area contributed by atoms with Gasteiger partial charge < -0.3 is 8.98 Å². The third-order valence-electron chi connectivity index (χ3n) is 12.0. The van der Waals surface area contributed by atoms with Crippen molar-refractivity contribution in [3.05, 3.63) is 194 Å². The van der Waals surface area contributed by atoms with Crippen LogP contribution in [0.25, 0.3) is 126 Å². The van der Waals surface area contributed by atoms with E-state index in [4.69, 9.17) is 19.4 Å². The van der Waals surface area contributed by atoms with Gasteiger partial charge in [0, 0.05) is 47.5 Å². The Hall–Kier alpha value is -7.93. The second-order valence-electron chi connectivity index (χ2n) is 15.5. The van der Waals surface area contributed by atoms with E-state index in [1.807, 2.05) is 18.2 Å². The van der Waals surface area contributed by atoms with Gasteiger partial charge >= 0.3 is 0 Å². The average molecular weight is 797 g/mol. The Kier molecular flexibility index (Phi) is 7.41. The van der Waals surface area contributed by atoms with Gasteiger partial charge in [0.05, 0.1) is 27.7 Å². The van der Waals surface area contributed by atoms with Crippen LogP contribution in [0.3, 0.4) is 0 Å². The van der Waals surface area contributed by atoms with Crippen molar-refractivity contribution in [3.8, 4) is 51.0 Å². The molecule has 61 heavy (non-hydrogen) atoms. The number of rotatable bonds is 5. The van der Waals surface area contributed by atoms with Gasteiger partial charge in [0.25, 0.3) is 0 Å². The molecule has 0 fully saturated rings. The first kappa shape index (κ1) is 34.0. The van der Waals surface area contributed by atoms with E-state index in [-0.39, 0.29) is 0 Å². The minimum Gasteiger partial charge on any atom is -0.455 e. The smallest absolute Gasteiger partial charge is 0.167 e. The van der Waals surface area contributed by atoms with Crippen LogP contribution in [-0.4, -0.2) is 19.5 Å². The van der Waals surface area contributed by atoms with Gasteiger partial charge in [0.15, 0.2) is 17.5 Å². The van der Waals surface area contributed by atoms with Crippen molar-refractivity contribution < 1.29 is 4.42 Å². The number of furan rings is 1. The highest BCUT2D eigenvalue weighted by Gasteiger charge is 2.24. The quantitative estimate of drug-likeness (QED) is 0.174. The van der Waals surface area contributed by atoms with Crippen molar-refractivity contribution in [2.45, 2.75) is 0 Å². The molecule has 0 unspecified atom stereocenters. The van der Waals surface area contributed by atoms with Crippen LogP contribution in [0.2, 0.25) is 0 Å². The Morgan fingerprint density at radius 2 is 1.05 bits per heavy atom. The molecule has 6 heteroatoms. The number of nitrogens with zero attached hydrogens (tertiary/aromatic N) is 4. The maximum absolute atomic E-state index is 6.94. The zero-order valence-corrected chi connectivity index (χ0v) is 33.4. The summed E-state index contributed by atoms with van der Waals surface area (Å²) in [5.41, 5.74) is 9.73. The first-order valence-corrected chi connectivity index (χ1v) is 21.2. The topological polar surface area (TPSA) is 56.7 Å². The van der Waals surface area contributed by atoms with E-state index >= 15 is 0 Å². The van der Waals surface area contributed by atoms with Gasteiger partial charge in [-0.3, -0.25) is 0 Å². The Morgan fingerprint density at radius 1 is 0.393 bits per heavy atom. The summed E-state index contributed by atoms with van der Waals surface area (Å²) in [7, 11) is 0. The van der Waals surface area contributed by atoms with Crippen molar-refractivity contribution in [2.75, 3.05) is 0 Å². The SMILES string of the molecule is c1ccc(-c2cccc(-c3nc(-c4ccc(-n5c6ccccc6c6cc7ccccc7cc65)c5c4oc4ccccc45)nc(-c4cccc5sc6ccccc6c45)n3)c2)cc1. The van der Waals surface area contributed by atoms with E-state index in [0.29, 0.717) is 17.5 Å². The summed E-state index contributed by atoms with van der Waals surface area (Å²) in [6.07, 6.45) is 0. The molecule has 13 rings (SSSR count). The van der Waals surface area contributed by atoms with Crippen LogP contribution in [0.4, 0.5) is 0 Å².